The molecule has 0 fully saturated rings. The average molecular weight is 264 g/mol. The second-order valence-electron chi connectivity index (χ2n) is 3.19. The average Bonchev–Trinajstić information content (AvgIpc) is 2.69. The number of aromatic amines is 1. The number of hydrogen-bond donors (Lipinski definition) is 1. The third-order valence-corrected chi connectivity index (χ3v) is 2.66. The van der Waals surface area contributed by atoms with E-state index in [-0.39, 0.29) is 0 Å². The van der Waals surface area contributed by atoms with Crippen LogP contribution in [0.5, 0.6) is 0 Å². The van der Waals surface area contributed by atoms with Crippen LogP contribution in [0.25, 0.3) is 17.0 Å². The van der Waals surface area contributed by atoms with E-state index < -0.39 is 0 Å². The summed E-state index contributed by atoms with van der Waals surface area (Å²) in [6.45, 7) is 0. The summed E-state index contributed by atoms with van der Waals surface area (Å²) in [5.41, 5.74) is 2.77. The smallest absolute Gasteiger partial charge is 0.152 e. The molecule has 0 saturated carbocycles. The summed E-state index contributed by atoms with van der Waals surface area (Å²) in [5, 5.41) is 1.80. The Morgan fingerprint density at radius 3 is 2.93 bits per heavy atom. The minimum absolute atomic E-state index is 0.708. The molecule has 0 spiro atoms. The number of H-pyrrole nitrogens is 1. The van der Waals surface area contributed by atoms with E-state index in [0.717, 1.165) is 28.1 Å². The molecule has 1 heterocycles. The molecule has 0 atom stereocenters. The third-order valence-electron chi connectivity index (χ3n) is 2.28. The van der Waals surface area contributed by atoms with Gasteiger partial charge in [0.05, 0.1) is 0 Å². The number of alkyl halides is 1. The van der Waals surface area contributed by atoms with E-state index >= 15 is 0 Å². The number of benzene rings is 1. The van der Waals surface area contributed by atoms with Crippen molar-refractivity contribution in [2.45, 2.75) is 0 Å². The molecule has 2 rings (SSSR count). The molecule has 0 aliphatic rings. The molecule has 15 heavy (non-hydrogen) atoms. The Morgan fingerprint density at radius 1 is 1.33 bits per heavy atom. The van der Waals surface area contributed by atoms with E-state index in [0.29, 0.717) is 5.56 Å². The summed E-state index contributed by atoms with van der Waals surface area (Å²) in [7, 11) is 0. The number of rotatable bonds is 3. The Morgan fingerprint density at radius 2 is 2.20 bits per heavy atom. The van der Waals surface area contributed by atoms with Gasteiger partial charge in [0.15, 0.2) is 6.29 Å². The molecule has 0 bridgehead atoms. The second kappa shape index (κ2) is 4.45. The van der Waals surface area contributed by atoms with E-state index in [1.807, 2.05) is 30.4 Å². The molecule has 3 heteroatoms. The molecule has 2 nitrogen and oxygen atoms in total. The predicted octanol–water partition coefficient (Wildman–Crippen LogP) is 3.39. The molecule has 0 aliphatic carbocycles. The van der Waals surface area contributed by atoms with Crippen LogP contribution in [0.4, 0.5) is 0 Å². The van der Waals surface area contributed by atoms with Gasteiger partial charge in [-0.1, -0.05) is 40.2 Å². The standard InChI is InChI=1S/C12H10BrNO/c13-6-2-4-9-3-1-5-11-12(9)10(8-15)7-14-11/h1-5,7-8,14H,6H2. The van der Waals surface area contributed by atoms with Crippen molar-refractivity contribution in [1.29, 1.82) is 0 Å². The summed E-state index contributed by atoms with van der Waals surface area (Å²) in [4.78, 5) is 13.9. The molecule has 0 amide bonds. The molecule has 1 aromatic carbocycles. The van der Waals surface area contributed by atoms with Crippen LogP contribution < -0.4 is 0 Å². The molecular formula is C12H10BrNO. The fraction of sp³-hybridized carbons (Fsp3) is 0.0833. The van der Waals surface area contributed by atoms with Gasteiger partial charge in [0, 0.05) is 28.0 Å². The van der Waals surface area contributed by atoms with Crippen LogP contribution in [0.1, 0.15) is 15.9 Å². The van der Waals surface area contributed by atoms with Crippen LogP contribution in [-0.2, 0) is 0 Å². The van der Waals surface area contributed by atoms with Gasteiger partial charge in [0.25, 0.3) is 0 Å². The number of allylic oxidation sites excluding steroid dienone is 1. The minimum Gasteiger partial charge on any atom is -0.360 e. The van der Waals surface area contributed by atoms with Crippen molar-refractivity contribution in [3.63, 3.8) is 0 Å². The van der Waals surface area contributed by atoms with Crippen LogP contribution in [0.2, 0.25) is 0 Å². The van der Waals surface area contributed by atoms with Gasteiger partial charge in [-0.05, 0) is 11.6 Å². The van der Waals surface area contributed by atoms with Crippen molar-refractivity contribution in [3.05, 3.63) is 41.6 Å². The van der Waals surface area contributed by atoms with Crippen molar-refractivity contribution in [2.24, 2.45) is 0 Å². The van der Waals surface area contributed by atoms with E-state index in [1.165, 1.54) is 0 Å². The minimum atomic E-state index is 0.708. The molecule has 1 aromatic heterocycles. The van der Waals surface area contributed by atoms with Crippen LogP contribution in [-0.4, -0.2) is 16.6 Å². The van der Waals surface area contributed by atoms with Crippen molar-refractivity contribution < 1.29 is 4.79 Å². The normalized spacial score (nSPS) is 11.3. The summed E-state index contributed by atoms with van der Waals surface area (Å²) in [5.74, 6) is 0. The Hall–Kier alpha value is -1.35. The summed E-state index contributed by atoms with van der Waals surface area (Å²) in [6.07, 6.45) is 6.64. The van der Waals surface area contributed by atoms with Crippen LogP contribution >= 0.6 is 15.9 Å². The molecule has 0 saturated heterocycles. The summed E-state index contributed by atoms with van der Waals surface area (Å²) < 4.78 is 0. The zero-order valence-corrected chi connectivity index (χ0v) is 9.62. The Labute approximate surface area is 96.1 Å². The summed E-state index contributed by atoms with van der Waals surface area (Å²) in [6, 6.07) is 5.94. The molecule has 0 aliphatic heterocycles. The number of fused-ring (bicyclic) bond motifs is 1. The number of aldehydes is 1. The van der Waals surface area contributed by atoms with Gasteiger partial charge in [-0.2, -0.15) is 0 Å². The van der Waals surface area contributed by atoms with Gasteiger partial charge >= 0.3 is 0 Å². The molecule has 0 radical (unpaired) electrons. The van der Waals surface area contributed by atoms with Gasteiger partial charge < -0.3 is 4.98 Å². The highest BCUT2D eigenvalue weighted by atomic mass is 79.9. The first-order valence-electron chi connectivity index (χ1n) is 4.64. The number of hydrogen-bond acceptors (Lipinski definition) is 1. The molecule has 0 unspecified atom stereocenters. The number of nitrogens with one attached hydrogen (secondary N) is 1. The topological polar surface area (TPSA) is 32.9 Å². The van der Waals surface area contributed by atoms with Crippen LogP contribution in [0.15, 0.2) is 30.5 Å². The fourth-order valence-corrected chi connectivity index (χ4v) is 1.83. The number of carbonyl (C=O) groups excluding carboxylic acids is 1. The molecular weight excluding hydrogens is 254 g/mol. The van der Waals surface area contributed by atoms with Gasteiger partial charge in [0.1, 0.15) is 0 Å². The quantitative estimate of drug-likeness (QED) is 0.669. The lowest BCUT2D eigenvalue weighted by Crippen LogP contribution is -1.80. The highest BCUT2D eigenvalue weighted by Gasteiger charge is 2.05. The SMILES string of the molecule is O=Cc1c[nH]c2cccc(C=CCBr)c12. The highest BCUT2D eigenvalue weighted by molar-refractivity contribution is 9.09. The lowest BCUT2D eigenvalue weighted by molar-refractivity contribution is 0.112. The number of carbonyl (C=O) groups is 1. The van der Waals surface area contributed by atoms with Crippen molar-refractivity contribution in [2.75, 3.05) is 5.33 Å². The van der Waals surface area contributed by atoms with Crippen LogP contribution in [0.3, 0.4) is 0 Å². The van der Waals surface area contributed by atoms with Crippen LogP contribution in [0, 0.1) is 0 Å². The number of halogens is 1. The Balaban J connectivity index is 2.66. The first-order valence-corrected chi connectivity index (χ1v) is 5.76. The Kier molecular flexibility index (Phi) is 3.02. The van der Waals surface area contributed by atoms with Gasteiger partial charge in [0.2, 0.25) is 0 Å². The van der Waals surface area contributed by atoms with Gasteiger partial charge in [-0.3, -0.25) is 4.79 Å². The maximum atomic E-state index is 10.9. The highest BCUT2D eigenvalue weighted by Crippen LogP contribution is 2.22. The maximum Gasteiger partial charge on any atom is 0.152 e. The third kappa shape index (κ3) is 1.88. The molecule has 76 valence electrons. The van der Waals surface area contributed by atoms with E-state index in [9.17, 15) is 4.79 Å². The molecule has 2 aromatic rings. The largest absolute Gasteiger partial charge is 0.360 e. The fourth-order valence-electron chi connectivity index (χ4n) is 1.64. The first kappa shape index (κ1) is 10.2. The number of aromatic nitrogens is 1. The first-order chi connectivity index (χ1) is 7.36. The Bertz CT molecular complexity index is 513. The van der Waals surface area contributed by atoms with Gasteiger partial charge in [-0.15, -0.1) is 0 Å². The zero-order valence-electron chi connectivity index (χ0n) is 8.03. The van der Waals surface area contributed by atoms with Crippen molar-refractivity contribution in [1.82, 2.24) is 4.98 Å². The van der Waals surface area contributed by atoms with E-state index in [2.05, 4.69) is 20.9 Å². The van der Waals surface area contributed by atoms with E-state index in [4.69, 9.17) is 0 Å². The van der Waals surface area contributed by atoms with E-state index in [1.54, 1.807) is 6.20 Å². The summed E-state index contributed by atoms with van der Waals surface area (Å²) >= 11 is 3.33. The monoisotopic (exact) mass is 263 g/mol. The van der Waals surface area contributed by atoms with Gasteiger partial charge in [-0.25, -0.2) is 0 Å². The van der Waals surface area contributed by atoms with Crippen molar-refractivity contribution >= 4 is 39.2 Å². The van der Waals surface area contributed by atoms with Crippen molar-refractivity contribution in [3.8, 4) is 0 Å². The second-order valence-corrected chi connectivity index (χ2v) is 3.84. The predicted molar refractivity (Wildman–Crippen MR) is 66.5 cm³/mol. The lowest BCUT2D eigenvalue weighted by Gasteiger charge is -1.97. The maximum absolute atomic E-state index is 10.9. The molecule has 1 N–H and O–H groups in total. The lowest BCUT2D eigenvalue weighted by atomic mass is 10.1. The zero-order chi connectivity index (χ0) is 10.7.